The standard InChI is InChI=1S/C20H23ClN2O3/c1-4-18(14-9-11-16(21)12-10-14)23-26-13-15-7-5-6-8-17(15)19(25-3)20(24)22-2/h5-12,19H,4,13H2,1-3H3,(H,22,24)/b23-18+. The zero-order valence-electron chi connectivity index (χ0n) is 15.2. The molecule has 26 heavy (non-hydrogen) atoms. The summed E-state index contributed by atoms with van der Waals surface area (Å²) >= 11 is 5.93. The molecule has 0 aliphatic rings. The molecule has 0 spiro atoms. The average Bonchev–Trinajstić information content (AvgIpc) is 2.67. The summed E-state index contributed by atoms with van der Waals surface area (Å²) in [5.41, 5.74) is 3.39. The van der Waals surface area contributed by atoms with Crippen molar-refractivity contribution in [3.05, 3.63) is 70.2 Å². The van der Waals surface area contributed by atoms with Crippen LogP contribution in [0.25, 0.3) is 0 Å². The number of nitrogens with zero attached hydrogens (tertiary/aromatic N) is 1. The number of carbonyl (C=O) groups excluding carboxylic acids is 1. The molecule has 5 nitrogen and oxygen atoms in total. The summed E-state index contributed by atoms with van der Waals surface area (Å²) in [5.74, 6) is -0.209. The summed E-state index contributed by atoms with van der Waals surface area (Å²) in [6.07, 6.45) is 0.0352. The molecule has 1 unspecified atom stereocenters. The highest BCUT2D eigenvalue weighted by atomic mass is 35.5. The molecular formula is C20H23ClN2O3. The van der Waals surface area contributed by atoms with Gasteiger partial charge in [-0.1, -0.05) is 60.1 Å². The Hall–Kier alpha value is -2.37. The van der Waals surface area contributed by atoms with Crippen molar-refractivity contribution in [2.45, 2.75) is 26.1 Å². The van der Waals surface area contributed by atoms with E-state index in [1.54, 1.807) is 7.05 Å². The number of oxime groups is 1. The van der Waals surface area contributed by atoms with Crippen LogP contribution in [-0.2, 0) is 21.0 Å². The van der Waals surface area contributed by atoms with E-state index in [9.17, 15) is 4.79 Å². The van der Waals surface area contributed by atoms with Crippen LogP contribution in [0.2, 0.25) is 5.02 Å². The normalized spacial score (nSPS) is 12.5. The lowest BCUT2D eigenvalue weighted by Gasteiger charge is -2.17. The van der Waals surface area contributed by atoms with E-state index in [-0.39, 0.29) is 12.5 Å². The third kappa shape index (κ3) is 5.07. The van der Waals surface area contributed by atoms with E-state index in [2.05, 4.69) is 10.5 Å². The van der Waals surface area contributed by atoms with Gasteiger partial charge in [0.05, 0.1) is 5.71 Å². The van der Waals surface area contributed by atoms with Crippen molar-refractivity contribution in [3.8, 4) is 0 Å². The Morgan fingerprint density at radius 3 is 2.50 bits per heavy atom. The quantitative estimate of drug-likeness (QED) is 0.559. The Morgan fingerprint density at radius 1 is 1.19 bits per heavy atom. The predicted octanol–water partition coefficient (Wildman–Crippen LogP) is 4.10. The number of carbonyl (C=O) groups is 1. The molecule has 6 heteroatoms. The highest BCUT2D eigenvalue weighted by molar-refractivity contribution is 6.30. The minimum absolute atomic E-state index is 0.209. The largest absolute Gasteiger partial charge is 0.391 e. The number of nitrogens with one attached hydrogen (secondary N) is 1. The van der Waals surface area contributed by atoms with Gasteiger partial charge in [-0.25, -0.2) is 0 Å². The minimum Gasteiger partial charge on any atom is -0.391 e. The van der Waals surface area contributed by atoms with E-state index in [4.69, 9.17) is 21.2 Å². The number of hydrogen-bond donors (Lipinski definition) is 1. The number of rotatable bonds is 8. The van der Waals surface area contributed by atoms with Crippen LogP contribution in [0.15, 0.2) is 53.7 Å². The van der Waals surface area contributed by atoms with Crippen molar-refractivity contribution >= 4 is 23.2 Å². The van der Waals surface area contributed by atoms with Gasteiger partial charge in [0.25, 0.3) is 5.91 Å². The first-order chi connectivity index (χ1) is 12.6. The van der Waals surface area contributed by atoms with Gasteiger partial charge in [-0.05, 0) is 35.2 Å². The highest BCUT2D eigenvalue weighted by Crippen LogP contribution is 2.22. The van der Waals surface area contributed by atoms with Crippen LogP contribution in [0.5, 0.6) is 0 Å². The highest BCUT2D eigenvalue weighted by Gasteiger charge is 2.21. The fraction of sp³-hybridized carbons (Fsp3) is 0.300. The van der Waals surface area contributed by atoms with Crippen molar-refractivity contribution in [1.29, 1.82) is 0 Å². The van der Waals surface area contributed by atoms with Crippen LogP contribution in [0.3, 0.4) is 0 Å². The summed E-state index contributed by atoms with van der Waals surface area (Å²) in [5, 5.41) is 7.55. The first kappa shape index (κ1) is 19.9. The maximum Gasteiger partial charge on any atom is 0.253 e. The molecule has 0 aliphatic carbocycles. The van der Waals surface area contributed by atoms with E-state index in [1.807, 2.05) is 55.5 Å². The van der Waals surface area contributed by atoms with Gasteiger partial charge < -0.3 is 14.9 Å². The molecule has 1 atom stereocenters. The second-order valence-electron chi connectivity index (χ2n) is 5.60. The second kappa shape index (κ2) is 9.94. The summed E-state index contributed by atoms with van der Waals surface area (Å²) in [7, 11) is 3.09. The van der Waals surface area contributed by atoms with Gasteiger partial charge in [-0.15, -0.1) is 0 Å². The lowest BCUT2D eigenvalue weighted by Crippen LogP contribution is -2.27. The van der Waals surface area contributed by atoms with Gasteiger partial charge in [0.15, 0.2) is 6.10 Å². The Kier molecular flexibility index (Phi) is 7.63. The SMILES string of the molecule is CC/C(=N\OCc1ccccc1C(OC)C(=O)NC)c1ccc(Cl)cc1. The smallest absolute Gasteiger partial charge is 0.253 e. The third-order valence-corrected chi connectivity index (χ3v) is 4.22. The molecular weight excluding hydrogens is 352 g/mol. The van der Waals surface area contributed by atoms with Crippen molar-refractivity contribution in [2.75, 3.05) is 14.2 Å². The van der Waals surface area contributed by atoms with Crippen molar-refractivity contribution < 1.29 is 14.4 Å². The maximum atomic E-state index is 12.0. The molecule has 1 N–H and O–H groups in total. The molecule has 2 aromatic rings. The van der Waals surface area contributed by atoms with Crippen LogP contribution in [0, 0.1) is 0 Å². The predicted molar refractivity (Wildman–Crippen MR) is 103 cm³/mol. The molecule has 0 saturated carbocycles. The van der Waals surface area contributed by atoms with Gasteiger partial charge in [-0.3, -0.25) is 4.79 Å². The molecule has 0 aliphatic heterocycles. The number of hydrogen-bond acceptors (Lipinski definition) is 4. The van der Waals surface area contributed by atoms with Gasteiger partial charge >= 0.3 is 0 Å². The number of halogens is 1. The molecule has 1 amide bonds. The van der Waals surface area contributed by atoms with Crippen LogP contribution in [-0.4, -0.2) is 25.8 Å². The van der Waals surface area contributed by atoms with Crippen molar-refractivity contribution in [2.24, 2.45) is 5.16 Å². The average molecular weight is 375 g/mol. The first-order valence-corrected chi connectivity index (χ1v) is 8.75. The van der Waals surface area contributed by atoms with Crippen LogP contribution >= 0.6 is 11.6 Å². The molecule has 2 rings (SSSR count). The molecule has 2 aromatic carbocycles. The molecule has 0 radical (unpaired) electrons. The lowest BCUT2D eigenvalue weighted by molar-refractivity contribution is -0.130. The van der Waals surface area contributed by atoms with Crippen molar-refractivity contribution in [3.63, 3.8) is 0 Å². The van der Waals surface area contributed by atoms with Crippen LogP contribution in [0.4, 0.5) is 0 Å². The monoisotopic (exact) mass is 374 g/mol. The zero-order valence-corrected chi connectivity index (χ0v) is 15.9. The number of likely N-dealkylation sites (N-methyl/N-ethyl adjacent to an activating group) is 1. The fourth-order valence-electron chi connectivity index (χ4n) is 2.57. The Labute approximate surface area is 158 Å². The third-order valence-electron chi connectivity index (χ3n) is 3.96. The molecule has 0 bridgehead atoms. The number of methoxy groups -OCH3 is 1. The Balaban J connectivity index is 2.16. The summed E-state index contributed by atoms with van der Waals surface area (Å²) in [6, 6.07) is 15.0. The van der Waals surface area contributed by atoms with Crippen LogP contribution < -0.4 is 5.32 Å². The fourth-order valence-corrected chi connectivity index (χ4v) is 2.70. The number of amides is 1. The molecule has 0 saturated heterocycles. The maximum absolute atomic E-state index is 12.0. The van der Waals surface area contributed by atoms with E-state index < -0.39 is 6.10 Å². The van der Waals surface area contributed by atoms with Gasteiger partial charge in [0, 0.05) is 19.2 Å². The molecule has 0 fully saturated rings. The van der Waals surface area contributed by atoms with Gasteiger partial charge in [0.2, 0.25) is 0 Å². The van der Waals surface area contributed by atoms with Gasteiger partial charge in [-0.2, -0.15) is 0 Å². The Bertz CT molecular complexity index is 760. The number of ether oxygens (including phenoxy) is 1. The summed E-state index contributed by atoms with van der Waals surface area (Å²) in [6.45, 7) is 2.25. The second-order valence-corrected chi connectivity index (χ2v) is 6.04. The molecule has 0 aromatic heterocycles. The molecule has 0 heterocycles. The topological polar surface area (TPSA) is 59.9 Å². The lowest BCUT2D eigenvalue weighted by atomic mass is 10.0. The summed E-state index contributed by atoms with van der Waals surface area (Å²) < 4.78 is 5.34. The Morgan fingerprint density at radius 2 is 1.88 bits per heavy atom. The van der Waals surface area contributed by atoms with E-state index in [1.165, 1.54) is 7.11 Å². The van der Waals surface area contributed by atoms with Crippen molar-refractivity contribution in [1.82, 2.24) is 5.32 Å². The van der Waals surface area contributed by atoms with E-state index in [0.717, 1.165) is 28.8 Å². The first-order valence-electron chi connectivity index (χ1n) is 8.37. The van der Waals surface area contributed by atoms with E-state index in [0.29, 0.717) is 5.02 Å². The minimum atomic E-state index is -0.689. The zero-order chi connectivity index (χ0) is 18.9. The summed E-state index contributed by atoms with van der Waals surface area (Å²) in [4.78, 5) is 17.6. The number of benzene rings is 2. The van der Waals surface area contributed by atoms with Crippen LogP contribution in [0.1, 0.15) is 36.1 Å². The van der Waals surface area contributed by atoms with Gasteiger partial charge in [0.1, 0.15) is 6.61 Å². The molecule has 138 valence electrons. The van der Waals surface area contributed by atoms with E-state index >= 15 is 0 Å².